The van der Waals surface area contributed by atoms with Crippen molar-refractivity contribution < 1.29 is 4.43 Å². The van der Waals surface area contributed by atoms with Crippen LogP contribution in [0.2, 0.25) is 18.1 Å². The van der Waals surface area contributed by atoms with Gasteiger partial charge < -0.3 is 10.2 Å². The lowest BCUT2D eigenvalue weighted by Crippen LogP contribution is -2.44. The Bertz CT molecular complexity index is 467. The Morgan fingerprint density at radius 1 is 1.19 bits per heavy atom. The van der Waals surface area contributed by atoms with Crippen LogP contribution in [-0.4, -0.2) is 24.4 Å². The van der Waals surface area contributed by atoms with E-state index < -0.39 is 8.32 Å². The standard InChI is InChI=1S/C16H29N3OSi/c1-16(2,3)21(4,5)20-13-8-6-7-12(9-13)14-10-19-15(17)11-18-14/h10-13H,6-9H2,1-5H3,(H2,17,19). The topological polar surface area (TPSA) is 61.0 Å². The van der Waals surface area contributed by atoms with Gasteiger partial charge in [0.1, 0.15) is 5.82 Å². The molecule has 118 valence electrons. The number of rotatable bonds is 3. The third kappa shape index (κ3) is 4.04. The van der Waals surface area contributed by atoms with Crippen molar-refractivity contribution in [1.82, 2.24) is 9.97 Å². The largest absolute Gasteiger partial charge is 0.414 e. The number of nitrogens with zero attached hydrogens (tertiary/aromatic N) is 2. The molecule has 0 aromatic carbocycles. The van der Waals surface area contributed by atoms with Crippen molar-refractivity contribution in [1.29, 1.82) is 0 Å². The first-order valence-corrected chi connectivity index (χ1v) is 10.8. The Kier molecular flexibility index (Phi) is 4.73. The van der Waals surface area contributed by atoms with E-state index in [2.05, 4.69) is 43.8 Å². The van der Waals surface area contributed by atoms with E-state index in [0.29, 0.717) is 17.8 Å². The summed E-state index contributed by atoms with van der Waals surface area (Å²) in [7, 11) is -1.69. The van der Waals surface area contributed by atoms with Gasteiger partial charge in [-0.15, -0.1) is 0 Å². The summed E-state index contributed by atoms with van der Waals surface area (Å²) in [6.45, 7) is 11.6. The van der Waals surface area contributed by atoms with Gasteiger partial charge in [-0.2, -0.15) is 0 Å². The first kappa shape index (κ1) is 16.4. The first-order chi connectivity index (χ1) is 9.69. The molecule has 0 saturated heterocycles. The molecule has 5 heteroatoms. The second-order valence-electron chi connectivity index (χ2n) is 7.73. The van der Waals surface area contributed by atoms with Gasteiger partial charge in [0.15, 0.2) is 8.32 Å². The molecule has 1 aliphatic rings. The zero-order valence-corrected chi connectivity index (χ0v) is 15.0. The van der Waals surface area contributed by atoms with Crippen molar-refractivity contribution in [3.63, 3.8) is 0 Å². The molecule has 21 heavy (non-hydrogen) atoms. The Labute approximate surface area is 129 Å². The van der Waals surface area contributed by atoms with Crippen molar-refractivity contribution in [3.05, 3.63) is 18.1 Å². The molecule has 1 aliphatic carbocycles. The van der Waals surface area contributed by atoms with Crippen LogP contribution < -0.4 is 5.73 Å². The maximum atomic E-state index is 6.58. The van der Waals surface area contributed by atoms with Crippen molar-refractivity contribution >= 4 is 14.1 Å². The van der Waals surface area contributed by atoms with Crippen LogP contribution in [0.25, 0.3) is 0 Å². The van der Waals surface area contributed by atoms with E-state index in [1.54, 1.807) is 6.20 Å². The Hall–Kier alpha value is -0.943. The molecule has 1 aromatic rings. The van der Waals surface area contributed by atoms with E-state index in [9.17, 15) is 0 Å². The average Bonchev–Trinajstić information content (AvgIpc) is 2.38. The summed E-state index contributed by atoms with van der Waals surface area (Å²) in [6, 6.07) is 0. The number of anilines is 1. The number of aromatic nitrogens is 2. The third-order valence-corrected chi connectivity index (χ3v) is 9.54. The van der Waals surface area contributed by atoms with Crippen LogP contribution in [-0.2, 0) is 4.43 Å². The number of nitrogen functional groups attached to an aromatic ring is 1. The third-order valence-electron chi connectivity index (χ3n) is 5.00. The second kappa shape index (κ2) is 6.05. The lowest BCUT2D eigenvalue weighted by Gasteiger charge is -2.41. The van der Waals surface area contributed by atoms with Crippen molar-refractivity contribution in [3.8, 4) is 0 Å². The van der Waals surface area contributed by atoms with Gasteiger partial charge in [-0.05, 0) is 37.4 Å². The lowest BCUT2D eigenvalue weighted by atomic mass is 9.85. The maximum Gasteiger partial charge on any atom is 0.192 e. The van der Waals surface area contributed by atoms with Crippen LogP contribution >= 0.6 is 0 Å². The highest BCUT2D eigenvalue weighted by Crippen LogP contribution is 2.41. The summed E-state index contributed by atoms with van der Waals surface area (Å²) in [4.78, 5) is 8.63. The maximum absolute atomic E-state index is 6.58. The summed E-state index contributed by atoms with van der Waals surface area (Å²) < 4.78 is 6.58. The summed E-state index contributed by atoms with van der Waals surface area (Å²) in [5.41, 5.74) is 6.68. The molecule has 1 heterocycles. The molecular weight excluding hydrogens is 278 g/mol. The predicted molar refractivity (Wildman–Crippen MR) is 89.7 cm³/mol. The van der Waals surface area contributed by atoms with Crippen LogP contribution in [0.15, 0.2) is 12.4 Å². The fraction of sp³-hybridized carbons (Fsp3) is 0.750. The fourth-order valence-corrected chi connectivity index (χ4v) is 4.07. The predicted octanol–water partition coefficient (Wildman–Crippen LogP) is 4.11. The molecule has 2 rings (SSSR count). The summed E-state index contributed by atoms with van der Waals surface area (Å²) in [5.74, 6) is 0.949. The highest BCUT2D eigenvalue weighted by molar-refractivity contribution is 6.74. The van der Waals surface area contributed by atoms with Crippen LogP contribution in [0.3, 0.4) is 0 Å². The Morgan fingerprint density at radius 2 is 1.90 bits per heavy atom. The Morgan fingerprint density at radius 3 is 2.48 bits per heavy atom. The summed E-state index contributed by atoms with van der Waals surface area (Å²) in [5, 5.41) is 0.265. The van der Waals surface area contributed by atoms with Gasteiger partial charge in [0.25, 0.3) is 0 Å². The zero-order valence-electron chi connectivity index (χ0n) is 14.0. The van der Waals surface area contributed by atoms with Gasteiger partial charge in [0.05, 0.1) is 18.1 Å². The van der Waals surface area contributed by atoms with E-state index in [1.165, 1.54) is 19.3 Å². The summed E-state index contributed by atoms with van der Waals surface area (Å²) >= 11 is 0. The van der Waals surface area contributed by atoms with E-state index in [1.807, 2.05) is 6.20 Å². The average molecular weight is 308 g/mol. The van der Waals surface area contributed by atoms with E-state index in [4.69, 9.17) is 10.2 Å². The number of hydrogen-bond donors (Lipinski definition) is 1. The van der Waals surface area contributed by atoms with Crippen LogP contribution in [0.1, 0.15) is 58.1 Å². The van der Waals surface area contributed by atoms with Crippen molar-refractivity contribution in [2.45, 2.75) is 76.6 Å². The quantitative estimate of drug-likeness (QED) is 0.854. The molecule has 2 atom stereocenters. The van der Waals surface area contributed by atoms with Crippen molar-refractivity contribution in [2.75, 3.05) is 5.73 Å². The van der Waals surface area contributed by atoms with Crippen LogP contribution in [0.4, 0.5) is 5.82 Å². The van der Waals surface area contributed by atoms with Gasteiger partial charge in [-0.3, -0.25) is 4.98 Å². The fourth-order valence-electron chi connectivity index (χ4n) is 2.67. The van der Waals surface area contributed by atoms with Crippen LogP contribution in [0, 0.1) is 0 Å². The molecule has 2 N–H and O–H groups in total. The highest BCUT2D eigenvalue weighted by atomic mass is 28.4. The monoisotopic (exact) mass is 307 g/mol. The van der Waals surface area contributed by atoms with Crippen LogP contribution in [0.5, 0.6) is 0 Å². The van der Waals surface area contributed by atoms with Gasteiger partial charge >= 0.3 is 0 Å². The van der Waals surface area contributed by atoms with Gasteiger partial charge in [-0.25, -0.2) is 4.98 Å². The molecule has 1 saturated carbocycles. The Balaban J connectivity index is 2.03. The zero-order chi connectivity index (χ0) is 15.7. The molecule has 1 aromatic heterocycles. The highest BCUT2D eigenvalue weighted by Gasteiger charge is 2.40. The first-order valence-electron chi connectivity index (χ1n) is 7.94. The molecule has 4 nitrogen and oxygen atoms in total. The molecule has 0 amide bonds. The van der Waals surface area contributed by atoms with Gasteiger partial charge in [0.2, 0.25) is 0 Å². The molecule has 1 fully saturated rings. The minimum absolute atomic E-state index is 0.265. The van der Waals surface area contributed by atoms with Gasteiger partial charge in [-0.1, -0.05) is 27.2 Å². The second-order valence-corrected chi connectivity index (χ2v) is 12.5. The van der Waals surface area contributed by atoms with Gasteiger partial charge in [0, 0.05) is 12.0 Å². The minimum atomic E-state index is -1.69. The minimum Gasteiger partial charge on any atom is -0.414 e. The molecule has 0 radical (unpaired) electrons. The normalized spacial score (nSPS) is 24.0. The van der Waals surface area contributed by atoms with E-state index >= 15 is 0 Å². The lowest BCUT2D eigenvalue weighted by molar-refractivity contribution is 0.126. The molecule has 0 spiro atoms. The number of hydrogen-bond acceptors (Lipinski definition) is 4. The smallest absolute Gasteiger partial charge is 0.192 e. The molecular formula is C16H29N3OSi. The molecule has 2 unspecified atom stereocenters. The summed E-state index contributed by atoms with van der Waals surface area (Å²) in [6.07, 6.45) is 8.47. The number of nitrogens with two attached hydrogens (primary N) is 1. The molecule has 0 aliphatic heterocycles. The van der Waals surface area contributed by atoms with E-state index in [-0.39, 0.29) is 5.04 Å². The SMILES string of the molecule is CC(C)(C)[Si](C)(C)OC1CCCC(c2cnc(N)cn2)C1. The molecule has 0 bridgehead atoms. The van der Waals surface area contributed by atoms with E-state index in [0.717, 1.165) is 12.1 Å². The van der Waals surface area contributed by atoms with Crippen molar-refractivity contribution in [2.24, 2.45) is 0 Å².